The van der Waals surface area contributed by atoms with Crippen LogP contribution in [0.3, 0.4) is 0 Å². The van der Waals surface area contributed by atoms with E-state index in [2.05, 4.69) is 66.9 Å². The summed E-state index contributed by atoms with van der Waals surface area (Å²) in [5.74, 6) is 0. The Kier molecular flexibility index (Phi) is 4.31. The highest BCUT2D eigenvalue weighted by atomic mass is 79.9. The second-order valence-corrected chi connectivity index (χ2v) is 10.9. The molecule has 0 unspecified atom stereocenters. The first-order valence-electron chi connectivity index (χ1n) is 6.12. The minimum absolute atomic E-state index is 0.978. The number of aromatic nitrogens is 2. The minimum Gasteiger partial charge on any atom is -0.233 e. The van der Waals surface area contributed by atoms with Gasteiger partial charge < -0.3 is 0 Å². The van der Waals surface area contributed by atoms with Crippen molar-refractivity contribution in [3.63, 3.8) is 0 Å². The summed E-state index contributed by atoms with van der Waals surface area (Å²) in [7, 11) is 0. The minimum atomic E-state index is 0.978. The van der Waals surface area contributed by atoms with Crippen molar-refractivity contribution in [2.45, 2.75) is 0 Å². The Bertz CT molecular complexity index is 858. The van der Waals surface area contributed by atoms with E-state index in [4.69, 9.17) is 9.97 Å². The van der Waals surface area contributed by atoms with E-state index in [0.717, 1.165) is 29.0 Å². The highest BCUT2D eigenvalue weighted by molar-refractivity contribution is 9.11. The summed E-state index contributed by atoms with van der Waals surface area (Å²) in [6, 6.07) is 8.28. The highest BCUT2D eigenvalue weighted by Crippen LogP contribution is 2.38. The lowest BCUT2D eigenvalue weighted by Gasteiger charge is -1.90. The summed E-state index contributed by atoms with van der Waals surface area (Å²) in [4.78, 5) is 11.8. The van der Waals surface area contributed by atoms with E-state index in [1.807, 2.05) is 0 Å². The number of hydrogen-bond donors (Lipinski definition) is 0. The van der Waals surface area contributed by atoms with E-state index < -0.39 is 0 Å². The Morgan fingerprint density at radius 2 is 1.14 bits per heavy atom. The van der Waals surface area contributed by atoms with Crippen LogP contribution in [0.1, 0.15) is 0 Å². The van der Waals surface area contributed by atoms with Gasteiger partial charge in [-0.05, 0) is 56.1 Å². The fourth-order valence-electron chi connectivity index (χ4n) is 1.87. The largest absolute Gasteiger partial charge is 0.233 e. The van der Waals surface area contributed by atoms with Gasteiger partial charge in [-0.25, -0.2) is 9.97 Å². The Morgan fingerprint density at radius 3 is 1.50 bits per heavy atom. The van der Waals surface area contributed by atoms with E-state index in [1.165, 1.54) is 9.75 Å². The molecule has 4 aromatic heterocycles. The van der Waals surface area contributed by atoms with Crippen LogP contribution in [0.2, 0.25) is 0 Å². The zero-order valence-electron chi connectivity index (χ0n) is 10.7. The molecule has 0 bridgehead atoms. The molecule has 0 amide bonds. The molecule has 22 heavy (non-hydrogen) atoms. The third kappa shape index (κ3) is 3.00. The standard InChI is InChI=1S/C14H6Br2N2S4/c15-11-3-1-9(21-11)7-5-19-13(17-7)14-18-8(6-20-14)10-2-4-12(16)22-10/h1-6H. The van der Waals surface area contributed by atoms with Crippen molar-refractivity contribution in [2.24, 2.45) is 0 Å². The molecule has 8 heteroatoms. The lowest BCUT2D eigenvalue weighted by Crippen LogP contribution is -1.77. The fourth-order valence-corrected chi connectivity index (χ4v) is 6.41. The topological polar surface area (TPSA) is 25.8 Å². The third-order valence-corrected chi connectivity index (χ3v) is 7.96. The average Bonchev–Trinajstić information content (AvgIpc) is 3.24. The van der Waals surface area contributed by atoms with Gasteiger partial charge in [0.25, 0.3) is 0 Å². The number of hydrogen-bond acceptors (Lipinski definition) is 6. The van der Waals surface area contributed by atoms with Crippen molar-refractivity contribution in [3.05, 3.63) is 42.6 Å². The van der Waals surface area contributed by atoms with Gasteiger partial charge in [0.05, 0.1) is 28.7 Å². The van der Waals surface area contributed by atoms with Crippen molar-refractivity contribution < 1.29 is 0 Å². The first kappa shape index (κ1) is 15.2. The Balaban J connectivity index is 1.65. The molecule has 110 valence electrons. The van der Waals surface area contributed by atoms with Crippen LogP contribution in [0.4, 0.5) is 0 Å². The summed E-state index contributed by atoms with van der Waals surface area (Å²) in [5.41, 5.74) is 2.04. The molecular formula is C14H6Br2N2S4. The number of nitrogens with zero attached hydrogens (tertiary/aromatic N) is 2. The molecule has 0 aliphatic carbocycles. The molecule has 0 fully saturated rings. The smallest absolute Gasteiger partial charge is 0.152 e. The first-order valence-corrected chi connectivity index (χ1v) is 11.1. The van der Waals surface area contributed by atoms with Crippen LogP contribution in [0, 0.1) is 0 Å². The molecule has 0 radical (unpaired) electrons. The highest BCUT2D eigenvalue weighted by Gasteiger charge is 2.13. The SMILES string of the molecule is Brc1ccc(-c2csc(-c3nc(-c4ccc(Br)s4)cs3)n2)s1. The maximum Gasteiger partial charge on any atom is 0.152 e. The monoisotopic (exact) mass is 488 g/mol. The number of halogens is 2. The van der Waals surface area contributed by atoms with E-state index in [9.17, 15) is 0 Å². The molecule has 0 saturated carbocycles. The van der Waals surface area contributed by atoms with Gasteiger partial charge in [0.2, 0.25) is 0 Å². The Morgan fingerprint density at radius 1 is 0.682 bits per heavy atom. The first-order chi connectivity index (χ1) is 10.7. The normalized spacial score (nSPS) is 11.2. The van der Waals surface area contributed by atoms with Gasteiger partial charge in [0.1, 0.15) is 0 Å². The summed E-state index contributed by atoms with van der Waals surface area (Å²) in [6.45, 7) is 0. The molecule has 4 heterocycles. The van der Waals surface area contributed by atoms with Gasteiger partial charge in [-0.3, -0.25) is 0 Å². The van der Waals surface area contributed by atoms with E-state index >= 15 is 0 Å². The van der Waals surface area contributed by atoms with Gasteiger partial charge in [-0.1, -0.05) is 0 Å². The third-order valence-electron chi connectivity index (χ3n) is 2.84. The number of thiophene rings is 2. The maximum absolute atomic E-state index is 4.73. The summed E-state index contributed by atoms with van der Waals surface area (Å²) in [6.07, 6.45) is 0. The van der Waals surface area contributed by atoms with Crippen molar-refractivity contribution in [3.8, 4) is 31.2 Å². The van der Waals surface area contributed by atoms with Gasteiger partial charge in [-0.15, -0.1) is 45.3 Å². The van der Waals surface area contributed by atoms with Crippen LogP contribution < -0.4 is 0 Å². The summed E-state index contributed by atoms with van der Waals surface area (Å²) >= 11 is 13.7. The van der Waals surface area contributed by atoms with Gasteiger partial charge in [0.15, 0.2) is 10.0 Å². The lowest BCUT2D eigenvalue weighted by molar-refractivity contribution is 1.36. The molecule has 0 atom stereocenters. The molecule has 0 aliphatic heterocycles. The lowest BCUT2D eigenvalue weighted by atomic mass is 10.4. The molecule has 4 aromatic rings. The molecule has 4 rings (SSSR count). The number of rotatable bonds is 3. The quantitative estimate of drug-likeness (QED) is 0.303. The molecule has 0 N–H and O–H groups in total. The zero-order valence-corrected chi connectivity index (χ0v) is 17.2. The van der Waals surface area contributed by atoms with Gasteiger partial charge >= 0.3 is 0 Å². The predicted octanol–water partition coefficient (Wildman–Crippen LogP) is 7.25. The van der Waals surface area contributed by atoms with Crippen LogP contribution in [0.15, 0.2) is 42.6 Å². The van der Waals surface area contributed by atoms with Crippen LogP contribution in [-0.2, 0) is 0 Å². The summed E-state index contributed by atoms with van der Waals surface area (Å²) in [5, 5.41) is 6.14. The van der Waals surface area contributed by atoms with Crippen LogP contribution >= 0.6 is 77.2 Å². The molecule has 0 spiro atoms. The van der Waals surface area contributed by atoms with Crippen LogP contribution in [-0.4, -0.2) is 9.97 Å². The maximum atomic E-state index is 4.73. The molecule has 2 nitrogen and oxygen atoms in total. The van der Waals surface area contributed by atoms with Crippen LogP contribution in [0.5, 0.6) is 0 Å². The average molecular weight is 490 g/mol. The molecular weight excluding hydrogens is 484 g/mol. The van der Waals surface area contributed by atoms with Crippen LogP contribution in [0.25, 0.3) is 31.2 Å². The van der Waals surface area contributed by atoms with E-state index in [1.54, 1.807) is 45.3 Å². The molecule has 0 aromatic carbocycles. The zero-order chi connectivity index (χ0) is 15.1. The van der Waals surface area contributed by atoms with E-state index in [-0.39, 0.29) is 0 Å². The Labute approximate surface area is 159 Å². The second kappa shape index (κ2) is 6.26. The molecule has 0 aliphatic rings. The fraction of sp³-hybridized carbons (Fsp3) is 0. The van der Waals surface area contributed by atoms with E-state index in [0.29, 0.717) is 0 Å². The second-order valence-electron chi connectivity index (χ2n) is 4.28. The summed E-state index contributed by atoms with van der Waals surface area (Å²) < 4.78 is 2.24. The van der Waals surface area contributed by atoms with Gasteiger partial charge in [0, 0.05) is 10.8 Å². The van der Waals surface area contributed by atoms with Crippen molar-refractivity contribution >= 4 is 77.2 Å². The number of thiazole rings is 2. The van der Waals surface area contributed by atoms with Crippen molar-refractivity contribution in [1.82, 2.24) is 9.97 Å². The van der Waals surface area contributed by atoms with Crippen molar-refractivity contribution in [2.75, 3.05) is 0 Å². The predicted molar refractivity (Wildman–Crippen MR) is 105 cm³/mol. The molecule has 0 saturated heterocycles. The Hall–Kier alpha value is -0.380. The van der Waals surface area contributed by atoms with Crippen molar-refractivity contribution in [1.29, 1.82) is 0 Å². The van der Waals surface area contributed by atoms with Gasteiger partial charge in [-0.2, -0.15) is 0 Å².